The van der Waals surface area contributed by atoms with Gasteiger partial charge in [-0.15, -0.1) is 0 Å². The average molecular weight is 389 g/mol. The van der Waals surface area contributed by atoms with E-state index in [2.05, 4.69) is 36.8 Å². The summed E-state index contributed by atoms with van der Waals surface area (Å²) in [5.41, 5.74) is 1.92. The largest absolute Gasteiger partial charge is 0.336 e. The van der Waals surface area contributed by atoms with Gasteiger partial charge in [0.25, 0.3) is 5.91 Å². The zero-order valence-electron chi connectivity index (χ0n) is 11.2. The maximum absolute atomic E-state index is 12.7. The number of halogens is 2. The highest BCUT2D eigenvalue weighted by atomic mass is 79.9. The molecule has 1 fully saturated rings. The molecule has 1 unspecified atom stereocenters. The van der Waals surface area contributed by atoms with Crippen LogP contribution in [0.5, 0.6) is 0 Å². The van der Waals surface area contributed by atoms with Gasteiger partial charge in [-0.25, -0.2) is 0 Å². The molecule has 1 amide bonds. The van der Waals surface area contributed by atoms with E-state index in [-0.39, 0.29) is 5.91 Å². The molecule has 0 saturated carbocycles. The minimum absolute atomic E-state index is 0.174. The molecule has 1 saturated heterocycles. The third-order valence-electron chi connectivity index (χ3n) is 3.66. The maximum Gasteiger partial charge on any atom is 0.255 e. The molecule has 1 aromatic rings. The lowest BCUT2D eigenvalue weighted by Crippen LogP contribution is -2.35. The third-order valence-corrected chi connectivity index (χ3v) is 4.91. The molecule has 0 aromatic heterocycles. The second kappa shape index (κ2) is 6.89. The molecule has 1 aromatic carbocycles. The van der Waals surface area contributed by atoms with Crippen molar-refractivity contribution in [3.8, 4) is 0 Å². The molecule has 2 rings (SSSR count). The molecule has 0 radical (unpaired) electrons. The number of nitrogens with zero attached hydrogens (tertiary/aromatic N) is 1. The van der Waals surface area contributed by atoms with Crippen molar-refractivity contribution in [3.63, 3.8) is 0 Å². The van der Waals surface area contributed by atoms with Crippen molar-refractivity contribution >= 4 is 37.8 Å². The van der Waals surface area contributed by atoms with Gasteiger partial charge in [-0.05, 0) is 60.7 Å². The minimum Gasteiger partial charge on any atom is -0.336 e. The minimum atomic E-state index is 0.174. The van der Waals surface area contributed by atoms with E-state index in [4.69, 9.17) is 0 Å². The summed E-state index contributed by atoms with van der Waals surface area (Å²) in [5, 5.41) is 1.01. The lowest BCUT2D eigenvalue weighted by molar-refractivity contribution is 0.0729. The predicted octanol–water partition coefficient (Wildman–Crippen LogP) is 4.54. The summed E-state index contributed by atoms with van der Waals surface area (Å²) in [6, 6.07) is 6.38. The molecular formula is C15H19Br2NO. The van der Waals surface area contributed by atoms with Crippen LogP contribution in [0.4, 0.5) is 0 Å². The van der Waals surface area contributed by atoms with Crippen LogP contribution in [0.15, 0.2) is 22.7 Å². The van der Waals surface area contributed by atoms with Gasteiger partial charge in [0.1, 0.15) is 0 Å². The van der Waals surface area contributed by atoms with Crippen molar-refractivity contribution in [2.24, 2.45) is 0 Å². The fraction of sp³-hybridized carbons (Fsp3) is 0.533. The Hall–Kier alpha value is -0.350. The van der Waals surface area contributed by atoms with Crippen molar-refractivity contribution in [1.29, 1.82) is 0 Å². The molecule has 19 heavy (non-hydrogen) atoms. The van der Waals surface area contributed by atoms with Gasteiger partial charge in [0, 0.05) is 22.4 Å². The van der Waals surface area contributed by atoms with E-state index in [1.54, 1.807) is 0 Å². The van der Waals surface area contributed by atoms with E-state index in [1.807, 2.05) is 25.1 Å². The first-order valence-electron chi connectivity index (χ1n) is 6.76. The second-order valence-corrected chi connectivity index (χ2v) is 6.76. The van der Waals surface area contributed by atoms with E-state index in [0.717, 1.165) is 53.2 Å². The van der Waals surface area contributed by atoms with Crippen molar-refractivity contribution < 1.29 is 4.79 Å². The molecule has 0 aliphatic carbocycles. The first kappa shape index (κ1) is 15.0. The van der Waals surface area contributed by atoms with Crippen LogP contribution in [0.3, 0.4) is 0 Å². The Bertz CT molecular complexity index is 461. The molecular weight excluding hydrogens is 370 g/mol. The molecule has 0 bridgehead atoms. The first-order valence-corrected chi connectivity index (χ1v) is 8.68. The number of benzene rings is 1. The highest BCUT2D eigenvalue weighted by molar-refractivity contribution is 9.10. The smallest absolute Gasteiger partial charge is 0.255 e. The third kappa shape index (κ3) is 3.60. The van der Waals surface area contributed by atoms with Crippen molar-refractivity contribution in [1.82, 2.24) is 4.90 Å². The predicted molar refractivity (Wildman–Crippen MR) is 86.0 cm³/mol. The summed E-state index contributed by atoms with van der Waals surface area (Å²) >= 11 is 6.96. The Balaban J connectivity index is 2.16. The Morgan fingerprint density at radius 2 is 2.26 bits per heavy atom. The van der Waals surface area contributed by atoms with Crippen molar-refractivity contribution in [2.75, 3.05) is 11.9 Å². The number of likely N-dealkylation sites (tertiary alicyclic amines) is 1. The van der Waals surface area contributed by atoms with Crippen LogP contribution in [-0.4, -0.2) is 28.7 Å². The van der Waals surface area contributed by atoms with E-state index in [9.17, 15) is 4.79 Å². The van der Waals surface area contributed by atoms with E-state index < -0.39 is 0 Å². The number of hydrogen-bond acceptors (Lipinski definition) is 1. The van der Waals surface area contributed by atoms with Gasteiger partial charge >= 0.3 is 0 Å². The first-order chi connectivity index (χ1) is 9.13. The Kier molecular flexibility index (Phi) is 5.46. The molecule has 1 aliphatic rings. The summed E-state index contributed by atoms with van der Waals surface area (Å²) in [7, 11) is 0. The number of hydrogen-bond donors (Lipinski definition) is 0. The number of rotatable bonds is 4. The van der Waals surface area contributed by atoms with Crippen LogP contribution >= 0.6 is 31.9 Å². The highest BCUT2D eigenvalue weighted by Crippen LogP contribution is 2.27. The molecule has 0 spiro atoms. The zero-order chi connectivity index (χ0) is 13.8. The zero-order valence-corrected chi connectivity index (χ0v) is 14.3. The summed E-state index contributed by atoms with van der Waals surface area (Å²) in [6.07, 6.45) is 4.49. The van der Waals surface area contributed by atoms with Crippen LogP contribution in [0, 0.1) is 6.92 Å². The number of alkyl halides is 1. The Labute approximate surface area is 131 Å². The average Bonchev–Trinajstić information content (AvgIpc) is 2.86. The summed E-state index contributed by atoms with van der Waals surface area (Å²) in [5.74, 6) is 0.174. The quantitative estimate of drug-likeness (QED) is 0.693. The van der Waals surface area contributed by atoms with Gasteiger partial charge < -0.3 is 4.90 Å². The lowest BCUT2D eigenvalue weighted by atomic mass is 10.1. The lowest BCUT2D eigenvalue weighted by Gasteiger charge is -2.25. The van der Waals surface area contributed by atoms with Gasteiger partial charge in [-0.2, -0.15) is 0 Å². The van der Waals surface area contributed by atoms with Crippen LogP contribution in [0.25, 0.3) is 0 Å². The van der Waals surface area contributed by atoms with Gasteiger partial charge in [-0.3, -0.25) is 4.79 Å². The molecule has 104 valence electrons. The number of carbonyl (C=O) groups excluding carboxylic acids is 1. The summed E-state index contributed by atoms with van der Waals surface area (Å²) in [6.45, 7) is 2.92. The van der Waals surface area contributed by atoms with Gasteiger partial charge in [0.2, 0.25) is 0 Å². The molecule has 1 atom stereocenters. The van der Waals surface area contributed by atoms with E-state index in [1.165, 1.54) is 0 Å². The fourth-order valence-corrected chi connectivity index (χ4v) is 3.41. The molecule has 0 N–H and O–H groups in total. The second-order valence-electron chi connectivity index (χ2n) is 5.11. The van der Waals surface area contributed by atoms with Gasteiger partial charge in [0.15, 0.2) is 0 Å². The van der Waals surface area contributed by atoms with Crippen LogP contribution in [0.1, 0.15) is 41.6 Å². The number of carbonyl (C=O) groups is 1. The van der Waals surface area contributed by atoms with E-state index >= 15 is 0 Å². The maximum atomic E-state index is 12.7. The molecule has 1 heterocycles. The molecule has 1 aliphatic heterocycles. The molecule has 2 nitrogen and oxygen atoms in total. The summed E-state index contributed by atoms with van der Waals surface area (Å²) < 4.78 is 0.897. The Morgan fingerprint density at radius 3 is 3.00 bits per heavy atom. The van der Waals surface area contributed by atoms with E-state index in [0.29, 0.717) is 6.04 Å². The SMILES string of the molecule is Cc1ccc(Br)c(C(=O)N2CCCC2CCCBr)c1. The summed E-state index contributed by atoms with van der Waals surface area (Å²) in [4.78, 5) is 14.7. The highest BCUT2D eigenvalue weighted by Gasteiger charge is 2.29. The van der Waals surface area contributed by atoms with Gasteiger partial charge in [-0.1, -0.05) is 27.6 Å². The van der Waals surface area contributed by atoms with Crippen LogP contribution in [0.2, 0.25) is 0 Å². The fourth-order valence-electron chi connectivity index (χ4n) is 2.67. The monoisotopic (exact) mass is 387 g/mol. The molecule has 4 heteroatoms. The Morgan fingerprint density at radius 1 is 1.47 bits per heavy atom. The topological polar surface area (TPSA) is 20.3 Å². The van der Waals surface area contributed by atoms with Crippen molar-refractivity contribution in [3.05, 3.63) is 33.8 Å². The number of amides is 1. The normalized spacial score (nSPS) is 18.9. The van der Waals surface area contributed by atoms with Gasteiger partial charge in [0.05, 0.1) is 5.56 Å². The number of aryl methyl sites for hydroxylation is 1. The van der Waals surface area contributed by atoms with Crippen molar-refractivity contribution in [2.45, 2.75) is 38.6 Å². The standard InChI is InChI=1S/C15H19Br2NO/c1-11-6-7-14(17)13(10-11)15(19)18-9-3-5-12(18)4-2-8-16/h6-7,10,12H,2-5,8-9H2,1H3. The van der Waals surface area contributed by atoms with Crippen LogP contribution in [-0.2, 0) is 0 Å². The van der Waals surface area contributed by atoms with Crippen LogP contribution < -0.4 is 0 Å².